The first-order valence-corrected chi connectivity index (χ1v) is 8.46. The molecule has 3 heteroatoms. The molecular weight excluding hydrogens is 306 g/mol. The van der Waals surface area contributed by atoms with Crippen molar-refractivity contribution in [1.82, 2.24) is 4.98 Å². The summed E-state index contributed by atoms with van der Waals surface area (Å²) in [5, 5.41) is 0. The summed E-state index contributed by atoms with van der Waals surface area (Å²) in [5.74, 6) is 0. The molecule has 0 fully saturated rings. The SMILES string of the molecule is CC(C)(C)C(/C=C\Cc1ccc(-c2cccnc2)cc1N)=C/C=C/N. The van der Waals surface area contributed by atoms with Gasteiger partial charge in [-0.25, -0.2) is 0 Å². The van der Waals surface area contributed by atoms with Gasteiger partial charge in [0.25, 0.3) is 0 Å². The Balaban J connectivity index is 2.15. The first-order valence-electron chi connectivity index (χ1n) is 8.46. The molecule has 4 N–H and O–H groups in total. The summed E-state index contributed by atoms with van der Waals surface area (Å²) in [5.41, 5.74) is 17.1. The van der Waals surface area contributed by atoms with Gasteiger partial charge in [-0.3, -0.25) is 4.98 Å². The molecule has 130 valence electrons. The number of nitrogen functional groups attached to an aromatic ring is 1. The lowest BCUT2D eigenvalue weighted by Crippen LogP contribution is -2.07. The average Bonchev–Trinajstić information content (AvgIpc) is 2.58. The van der Waals surface area contributed by atoms with Crippen molar-refractivity contribution in [3.05, 3.63) is 84.4 Å². The predicted molar refractivity (Wildman–Crippen MR) is 108 cm³/mol. The molecule has 1 aromatic carbocycles. The zero-order chi connectivity index (χ0) is 18.3. The van der Waals surface area contributed by atoms with Crippen LogP contribution in [0.25, 0.3) is 11.1 Å². The smallest absolute Gasteiger partial charge is 0.0355 e. The molecule has 0 aliphatic rings. The third kappa shape index (κ3) is 5.35. The monoisotopic (exact) mass is 333 g/mol. The molecule has 0 unspecified atom stereocenters. The van der Waals surface area contributed by atoms with Gasteiger partial charge in [-0.2, -0.15) is 0 Å². The van der Waals surface area contributed by atoms with Crippen molar-refractivity contribution in [3.63, 3.8) is 0 Å². The van der Waals surface area contributed by atoms with Crippen LogP contribution in [-0.2, 0) is 6.42 Å². The topological polar surface area (TPSA) is 64.9 Å². The standard InChI is InChI=1S/C22H27N3/c1-22(2,3)20(10-5-13-23)9-4-7-17-11-12-18(15-21(17)24)19-8-6-14-25-16-19/h4-6,8-16H,7,23-24H2,1-3H3/b9-4-,13-5+,20-10+. The van der Waals surface area contributed by atoms with E-state index in [-0.39, 0.29) is 5.41 Å². The number of nitrogens with zero attached hydrogens (tertiary/aromatic N) is 1. The van der Waals surface area contributed by atoms with Gasteiger partial charge in [0.1, 0.15) is 0 Å². The van der Waals surface area contributed by atoms with Crippen molar-refractivity contribution in [3.8, 4) is 11.1 Å². The second-order valence-corrected chi connectivity index (χ2v) is 7.02. The van der Waals surface area contributed by atoms with Crippen LogP contribution in [0.5, 0.6) is 0 Å². The molecule has 0 saturated carbocycles. The molecule has 0 bridgehead atoms. The van der Waals surface area contributed by atoms with Crippen molar-refractivity contribution in [2.75, 3.05) is 5.73 Å². The van der Waals surface area contributed by atoms with Gasteiger partial charge < -0.3 is 11.5 Å². The van der Waals surface area contributed by atoms with Gasteiger partial charge in [0.2, 0.25) is 0 Å². The van der Waals surface area contributed by atoms with Gasteiger partial charge in [-0.15, -0.1) is 0 Å². The van der Waals surface area contributed by atoms with E-state index in [9.17, 15) is 0 Å². The summed E-state index contributed by atoms with van der Waals surface area (Å²) in [4.78, 5) is 4.16. The lowest BCUT2D eigenvalue weighted by molar-refractivity contribution is 0.517. The second kappa shape index (κ2) is 8.34. The van der Waals surface area contributed by atoms with Gasteiger partial charge in [-0.1, -0.05) is 57.2 Å². The van der Waals surface area contributed by atoms with E-state index >= 15 is 0 Å². The lowest BCUT2D eigenvalue weighted by Gasteiger charge is -2.20. The summed E-state index contributed by atoms with van der Waals surface area (Å²) in [6, 6.07) is 10.2. The van der Waals surface area contributed by atoms with Gasteiger partial charge in [0, 0.05) is 23.6 Å². The fourth-order valence-electron chi connectivity index (χ4n) is 2.52. The van der Waals surface area contributed by atoms with E-state index in [1.165, 1.54) is 5.57 Å². The molecule has 1 heterocycles. The van der Waals surface area contributed by atoms with E-state index in [0.29, 0.717) is 0 Å². The minimum Gasteiger partial charge on any atom is -0.405 e. The van der Waals surface area contributed by atoms with Crippen LogP contribution < -0.4 is 11.5 Å². The molecule has 1 aromatic heterocycles. The lowest BCUT2D eigenvalue weighted by atomic mass is 9.85. The fraction of sp³-hybridized carbons (Fsp3) is 0.227. The quantitative estimate of drug-likeness (QED) is 0.606. The third-order valence-corrected chi connectivity index (χ3v) is 4.03. The molecule has 0 saturated heterocycles. The van der Waals surface area contributed by atoms with Crippen molar-refractivity contribution in [2.45, 2.75) is 27.2 Å². The Bertz CT molecular complexity index is 779. The number of pyridine rings is 1. The van der Waals surface area contributed by atoms with Crippen molar-refractivity contribution < 1.29 is 0 Å². The number of hydrogen-bond donors (Lipinski definition) is 2. The number of hydrogen-bond acceptors (Lipinski definition) is 3. The summed E-state index contributed by atoms with van der Waals surface area (Å²) < 4.78 is 0. The highest BCUT2D eigenvalue weighted by Gasteiger charge is 2.13. The van der Waals surface area contributed by atoms with E-state index in [4.69, 9.17) is 11.5 Å². The predicted octanol–water partition coefficient (Wildman–Crippen LogP) is 4.87. The Labute approximate surface area is 150 Å². The van der Waals surface area contributed by atoms with Crippen LogP contribution in [0, 0.1) is 5.41 Å². The van der Waals surface area contributed by atoms with Gasteiger partial charge in [0.05, 0.1) is 0 Å². The van der Waals surface area contributed by atoms with Gasteiger partial charge in [-0.05, 0) is 52.9 Å². The maximum absolute atomic E-state index is 6.24. The normalized spacial score (nSPS) is 13.0. The maximum atomic E-state index is 6.24. The summed E-state index contributed by atoms with van der Waals surface area (Å²) in [6.07, 6.45) is 14.2. The number of benzene rings is 1. The number of rotatable bonds is 5. The summed E-state index contributed by atoms with van der Waals surface area (Å²) in [7, 11) is 0. The Kier molecular flexibility index (Phi) is 6.18. The van der Waals surface area contributed by atoms with Crippen LogP contribution in [0.3, 0.4) is 0 Å². The highest BCUT2D eigenvalue weighted by Crippen LogP contribution is 2.27. The first-order chi connectivity index (χ1) is 11.9. The molecule has 0 radical (unpaired) electrons. The molecule has 3 nitrogen and oxygen atoms in total. The van der Waals surface area contributed by atoms with Crippen LogP contribution >= 0.6 is 0 Å². The third-order valence-electron chi connectivity index (χ3n) is 4.03. The molecule has 25 heavy (non-hydrogen) atoms. The molecule has 0 aliphatic carbocycles. The van der Waals surface area contributed by atoms with Crippen LogP contribution in [0.15, 0.2) is 78.8 Å². The number of anilines is 1. The minimum atomic E-state index is 0.0612. The van der Waals surface area contributed by atoms with E-state index < -0.39 is 0 Å². The molecule has 2 aromatic rings. The van der Waals surface area contributed by atoms with Crippen molar-refractivity contribution >= 4 is 5.69 Å². The van der Waals surface area contributed by atoms with E-state index in [0.717, 1.165) is 28.8 Å². The van der Waals surface area contributed by atoms with Crippen molar-refractivity contribution in [2.24, 2.45) is 11.1 Å². The molecule has 0 atom stereocenters. The van der Waals surface area contributed by atoms with Gasteiger partial charge >= 0.3 is 0 Å². The Morgan fingerprint density at radius 3 is 2.56 bits per heavy atom. The zero-order valence-electron chi connectivity index (χ0n) is 15.2. The minimum absolute atomic E-state index is 0.0612. The Hall–Kier alpha value is -2.81. The van der Waals surface area contributed by atoms with Crippen LogP contribution in [0.1, 0.15) is 26.3 Å². The highest BCUT2D eigenvalue weighted by molar-refractivity contribution is 5.68. The molecular formula is C22H27N3. The maximum Gasteiger partial charge on any atom is 0.0355 e. The largest absolute Gasteiger partial charge is 0.405 e. The fourth-order valence-corrected chi connectivity index (χ4v) is 2.52. The van der Waals surface area contributed by atoms with Crippen LogP contribution in [0.4, 0.5) is 5.69 Å². The van der Waals surface area contributed by atoms with E-state index in [1.807, 2.05) is 36.5 Å². The summed E-state index contributed by atoms with van der Waals surface area (Å²) in [6.45, 7) is 6.56. The molecule has 0 amide bonds. The number of allylic oxidation sites excluding steroid dienone is 5. The average molecular weight is 333 g/mol. The number of nitrogens with two attached hydrogens (primary N) is 2. The van der Waals surface area contributed by atoms with E-state index in [1.54, 1.807) is 12.4 Å². The molecule has 0 spiro atoms. The molecule has 0 aliphatic heterocycles. The van der Waals surface area contributed by atoms with Crippen LogP contribution in [-0.4, -0.2) is 4.98 Å². The number of aromatic nitrogens is 1. The Morgan fingerprint density at radius 2 is 1.96 bits per heavy atom. The zero-order valence-corrected chi connectivity index (χ0v) is 15.2. The molecule has 2 rings (SSSR count). The van der Waals surface area contributed by atoms with Crippen LogP contribution in [0.2, 0.25) is 0 Å². The second-order valence-electron chi connectivity index (χ2n) is 7.02. The summed E-state index contributed by atoms with van der Waals surface area (Å²) >= 11 is 0. The van der Waals surface area contributed by atoms with Gasteiger partial charge in [0.15, 0.2) is 0 Å². The van der Waals surface area contributed by atoms with Crippen molar-refractivity contribution in [1.29, 1.82) is 0 Å². The first kappa shape index (κ1) is 18.5. The Morgan fingerprint density at radius 1 is 1.16 bits per heavy atom. The van der Waals surface area contributed by atoms with E-state index in [2.05, 4.69) is 50.0 Å². The highest BCUT2D eigenvalue weighted by atomic mass is 14.6.